The average Bonchev–Trinajstić information content (AvgIpc) is 2.81. The molecule has 2 aliphatic heterocycles. The molecule has 3 aromatic rings. The Kier molecular flexibility index (Phi) is 5.58. The first-order valence-electron chi connectivity index (χ1n) is 10.6. The fraction of sp³-hybridized carbons (Fsp3) is 0.269. The summed E-state index contributed by atoms with van der Waals surface area (Å²) in [6.45, 7) is 2.04. The molecule has 2 aliphatic rings. The molecule has 0 bridgehead atoms. The van der Waals surface area contributed by atoms with Crippen LogP contribution in [0.1, 0.15) is 18.6 Å². The van der Waals surface area contributed by atoms with E-state index in [0.29, 0.717) is 0 Å². The van der Waals surface area contributed by atoms with Crippen molar-refractivity contribution < 1.29 is 14.3 Å². The number of benzene rings is 3. The van der Waals surface area contributed by atoms with E-state index in [4.69, 9.17) is 9.47 Å². The quantitative estimate of drug-likeness (QED) is 0.411. The molecule has 2 saturated heterocycles. The molecule has 4 nitrogen and oxygen atoms in total. The van der Waals surface area contributed by atoms with Crippen molar-refractivity contribution in [1.82, 2.24) is 0 Å². The van der Waals surface area contributed by atoms with Crippen LogP contribution in [0.5, 0.6) is 5.75 Å². The number of ether oxygens (including phenoxy) is 2. The van der Waals surface area contributed by atoms with Crippen LogP contribution in [0.3, 0.4) is 0 Å². The van der Waals surface area contributed by atoms with Crippen molar-refractivity contribution in [2.24, 2.45) is 5.92 Å². The van der Waals surface area contributed by atoms with Crippen LogP contribution in [-0.2, 0) is 9.53 Å². The number of fused-ring (bicyclic) bond motifs is 1. The predicted octanol–water partition coefficient (Wildman–Crippen LogP) is 4.00. The number of nitrogens with zero attached hydrogens (tertiary/aromatic N) is 1. The van der Waals surface area contributed by atoms with Crippen LogP contribution in [0.4, 0.5) is 5.69 Å². The first-order valence-corrected chi connectivity index (χ1v) is 12.4. The molecule has 5 atom stereocenters. The molecule has 0 saturated carbocycles. The molecular weight excluding hydrogens is 453 g/mol. The normalized spacial score (nSPS) is 27.4. The first kappa shape index (κ1) is 20.3. The van der Waals surface area contributed by atoms with Gasteiger partial charge < -0.3 is 0 Å². The van der Waals surface area contributed by atoms with Gasteiger partial charge in [0.25, 0.3) is 0 Å². The zero-order chi connectivity index (χ0) is 21.4. The molecule has 0 radical (unpaired) electrons. The number of hydrogen-bond acceptors (Lipinski definition) is 3. The van der Waals surface area contributed by atoms with Gasteiger partial charge in [0, 0.05) is 0 Å². The number of amides is 1. The van der Waals surface area contributed by atoms with Crippen molar-refractivity contribution in [3.05, 3.63) is 90.5 Å². The minimum atomic E-state index is -0.111. The summed E-state index contributed by atoms with van der Waals surface area (Å²) in [5.41, 5.74) is 2.12. The van der Waals surface area contributed by atoms with E-state index < -0.39 is 0 Å². The molecule has 0 unspecified atom stereocenters. The summed E-state index contributed by atoms with van der Waals surface area (Å²) in [6.07, 6.45) is -0.147. The molecular formula is C26H25NO3Se. The molecule has 31 heavy (non-hydrogen) atoms. The van der Waals surface area contributed by atoms with Crippen molar-refractivity contribution >= 4 is 31.0 Å². The number of carbonyl (C=O) groups is 1. The summed E-state index contributed by atoms with van der Waals surface area (Å²) in [7, 11) is 1.66. The summed E-state index contributed by atoms with van der Waals surface area (Å²) in [5.74, 6) is 0.849. The van der Waals surface area contributed by atoms with Crippen LogP contribution in [0.2, 0.25) is 4.82 Å². The Bertz CT molecular complexity index is 1040. The van der Waals surface area contributed by atoms with Gasteiger partial charge in [0.1, 0.15) is 0 Å². The molecule has 0 aliphatic carbocycles. The molecule has 1 amide bonds. The standard InChI is InChI=1S/C26H25NO3Se/c1-17-22-23(27(26(22)28)19-13-15-20(29-2)16-14-19)25(31-21-11-7-4-8-12-21)24(30-17)18-9-5-3-6-10-18/h3-17,22-25H,1-2H3/t17-,22+,23+,24+,25-/m0/s1. The van der Waals surface area contributed by atoms with Crippen LogP contribution in [0, 0.1) is 5.92 Å². The molecule has 2 fully saturated rings. The Morgan fingerprint density at radius 1 is 0.903 bits per heavy atom. The second-order valence-electron chi connectivity index (χ2n) is 7.99. The van der Waals surface area contributed by atoms with Gasteiger partial charge in [-0.05, 0) is 0 Å². The van der Waals surface area contributed by atoms with E-state index in [2.05, 4.69) is 48.5 Å². The van der Waals surface area contributed by atoms with E-state index in [1.807, 2.05) is 48.2 Å². The third kappa shape index (κ3) is 3.67. The van der Waals surface area contributed by atoms with Gasteiger partial charge in [-0.25, -0.2) is 0 Å². The summed E-state index contributed by atoms with van der Waals surface area (Å²) in [5, 5.41) is 0. The van der Waals surface area contributed by atoms with E-state index in [0.717, 1.165) is 11.4 Å². The summed E-state index contributed by atoms with van der Waals surface area (Å²) >= 11 is 0.149. The number of carbonyl (C=O) groups excluding carboxylic acids is 1. The van der Waals surface area contributed by atoms with Gasteiger partial charge >= 0.3 is 189 Å². The van der Waals surface area contributed by atoms with Crippen LogP contribution >= 0.6 is 0 Å². The Morgan fingerprint density at radius 2 is 1.55 bits per heavy atom. The van der Waals surface area contributed by atoms with Gasteiger partial charge in [0.15, 0.2) is 0 Å². The Morgan fingerprint density at radius 3 is 2.19 bits per heavy atom. The first-order chi connectivity index (χ1) is 15.2. The van der Waals surface area contributed by atoms with Gasteiger partial charge in [-0.15, -0.1) is 0 Å². The maximum atomic E-state index is 13.2. The van der Waals surface area contributed by atoms with Crippen LogP contribution in [0.15, 0.2) is 84.9 Å². The predicted molar refractivity (Wildman–Crippen MR) is 123 cm³/mol. The molecule has 2 heterocycles. The van der Waals surface area contributed by atoms with Crippen LogP contribution < -0.4 is 14.1 Å². The van der Waals surface area contributed by atoms with Gasteiger partial charge in [-0.3, -0.25) is 0 Å². The van der Waals surface area contributed by atoms with E-state index >= 15 is 0 Å². The maximum absolute atomic E-state index is 13.2. The fourth-order valence-electron chi connectivity index (χ4n) is 4.68. The van der Waals surface area contributed by atoms with E-state index in [1.165, 1.54) is 10.0 Å². The second-order valence-corrected chi connectivity index (χ2v) is 10.6. The Hall–Kier alpha value is -2.59. The molecule has 5 rings (SSSR count). The van der Waals surface area contributed by atoms with Crippen molar-refractivity contribution in [2.75, 3.05) is 12.0 Å². The summed E-state index contributed by atoms with van der Waals surface area (Å²) in [4.78, 5) is 15.4. The Balaban J connectivity index is 1.54. The minimum absolute atomic E-state index is 0.0356. The van der Waals surface area contributed by atoms with E-state index in [-0.39, 0.29) is 49.8 Å². The van der Waals surface area contributed by atoms with E-state index in [1.54, 1.807) is 7.11 Å². The van der Waals surface area contributed by atoms with Crippen LogP contribution in [0.25, 0.3) is 0 Å². The zero-order valence-corrected chi connectivity index (χ0v) is 19.3. The number of methoxy groups -OCH3 is 1. The average molecular weight is 478 g/mol. The summed E-state index contributed by atoms with van der Waals surface area (Å²) < 4.78 is 13.2. The third-order valence-corrected chi connectivity index (χ3v) is 9.00. The Labute approximate surface area is 189 Å². The molecule has 158 valence electrons. The number of rotatable bonds is 5. The van der Waals surface area contributed by atoms with E-state index in [9.17, 15) is 4.79 Å². The number of anilines is 1. The van der Waals surface area contributed by atoms with Gasteiger partial charge in [-0.2, -0.15) is 0 Å². The number of β-lactam (4-membered cyclic amide) rings is 1. The van der Waals surface area contributed by atoms with Gasteiger partial charge in [-0.1, -0.05) is 0 Å². The zero-order valence-electron chi connectivity index (χ0n) is 17.5. The fourth-order valence-corrected chi connectivity index (χ4v) is 7.62. The summed E-state index contributed by atoms with van der Waals surface area (Å²) in [6, 6.07) is 29.0. The van der Waals surface area contributed by atoms with Crippen molar-refractivity contribution in [3.8, 4) is 5.75 Å². The molecule has 0 aromatic heterocycles. The van der Waals surface area contributed by atoms with Crippen LogP contribution in [-0.4, -0.2) is 40.1 Å². The van der Waals surface area contributed by atoms with Gasteiger partial charge in [0.2, 0.25) is 0 Å². The molecule has 5 heteroatoms. The van der Waals surface area contributed by atoms with Crippen molar-refractivity contribution in [1.29, 1.82) is 0 Å². The third-order valence-electron chi connectivity index (χ3n) is 6.18. The van der Waals surface area contributed by atoms with Crippen molar-refractivity contribution in [2.45, 2.75) is 30.0 Å². The topological polar surface area (TPSA) is 38.8 Å². The SMILES string of the molecule is COc1ccc(N2C(=O)[C@H]3[C@@H]2[C@H]([Se]c2ccccc2)[C@@H](c2ccccc2)O[C@H]3C)cc1. The molecule has 3 aromatic carbocycles. The van der Waals surface area contributed by atoms with Crippen molar-refractivity contribution in [3.63, 3.8) is 0 Å². The second kappa shape index (κ2) is 8.51. The monoisotopic (exact) mass is 479 g/mol. The number of hydrogen-bond donors (Lipinski definition) is 0. The molecule has 0 N–H and O–H groups in total. The molecule has 0 spiro atoms. The van der Waals surface area contributed by atoms with Gasteiger partial charge in [0.05, 0.1) is 0 Å².